The number of amides is 1. The molecule has 2 aromatic rings. The quantitative estimate of drug-likeness (QED) is 0.713. The standard InChI is InChI=1S/C16H19N3O5S/c1-23-13-5-6-15(14(8-13)24-2)25(21,22)19-11-16(20)18-10-12-4-3-7-17-9-12/h3-9,19H,10-11H2,1-2H3,(H,18,20). The molecule has 8 nitrogen and oxygen atoms in total. The number of rotatable bonds is 8. The van der Waals surface area contributed by atoms with Crippen LogP contribution in [-0.2, 0) is 21.4 Å². The van der Waals surface area contributed by atoms with Crippen molar-refractivity contribution in [3.8, 4) is 11.5 Å². The highest BCUT2D eigenvalue weighted by atomic mass is 32.2. The van der Waals surface area contributed by atoms with E-state index >= 15 is 0 Å². The van der Waals surface area contributed by atoms with Gasteiger partial charge in [-0.05, 0) is 23.8 Å². The number of nitrogens with one attached hydrogen (secondary N) is 2. The Labute approximate surface area is 146 Å². The highest BCUT2D eigenvalue weighted by molar-refractivity contribution is 7.89. The molecule has 1 amide bonds. The Morgan fingerprint density at radius 2 is 2.00 bits per heavy atom. The SMILES string of the molecule is COc1ccc(S(=O)(=O)NCC(=O)NCc2cccnc2)c(OC)c1. The number of carbonyl (C=O) groups excluding carboxylic acids is 1. The van der Waals surface area contributed by atoms with E-state index in [1.165, 1.54) is 32.4 Å². The third-order valence-electron chi connectivity index (χ3n) is 3.30. The number of carbonyl (C=O) groups is 1. The maximum Gasteiger partial charge on any atom is 0.244 e. The maximum absolute atomic E-state index is 12.4. The molecule has 0 unspecified atom stereocenters. The van der Waals surface area contributed by atoms with Gasteiger partial charge in [0, 0.05) is 25.0 Å². The fraction of sp³-hybridized carbons (Fsp3) is 0.250. The van der Waals surface area contributed by atoms with E-state index in [9.17, 15) is 13.2 Å². The Bertz CT molecular complexity index is 825. The van der Waals surface area contributed by atoms with E-state index in [4.69, 9.17) is 9.47 Å². The van der Waals surface area contributed by atoms with Crippen LogP contribution in [0.1, 0.15) is 5.56 Å². The lowest BCUT2D eigenvalue weighted by molar-refractivity contribution is -0.120. The Balaban J connectivity index is 1.98. The van der Waals surface area contributed by atoms with Crippen molar-refractivity contribution in [1.29, 1.82) is 0 Å². The van der Waals surface area contributed by atoms with E-state index in [1.54, 1.807) is 24.5 Å². The van der Waals surface area contributed by atoms with Gasteiger partial charge >= 0.3 is 0 Å². The van der Waals surface area contributed by atoms with Crippen LogP contribution in [0.15, 0.2) is 47.6 Å². The van der Waals surface area contributed by atoms with E-state index in [2.05, 4.69) is 15.0 Å². The van der Waals surface area contributed by atoms with Crippen LogP contribution < -0.4 is 19.5 Å². The fourth-order valence-electron chi connectivity index (χ4n) is 2.00. The van der Waals surface area contributed by atoms with Crippen molar-refractivity contribution in [2.45, 2.75) is 11.4 Å². The van der Waals surface area contributed by atoms with Gasteiger partial charge in [-0.15, -0.1) is 0 Å². The second-order valence-corrected chi connectivity index (χ2v) is 6.71. The zero-order valence-corrected chi connectivity index (χ0v) is 14.7. The smallest absolute Gasteiger partial charge is 0.244 e. The second-order valence-electron chi connectivity index (χ2n) is 4.98. The van der Waals surface area contributed by atoms with E-state index in [-0.39, 0.29) is 17.2 Å². The first-order valence-corrected chi connectivity index (χ1v) is 8.82. The first-order valence-electron chi connectivity index (χ1n) is 7.33. The summed E-state index contributed by atoms with van der Waals surface area (Å²) in [5.41, 5.74) is 0.815. The Morgan fingerprint density at radius 1 is 1.20 bits per heavy atom. The van der Waals surface area contributed by atoms with Crippen molar-refractivity contribution in [1.82, 2.24) is 15.0 Å². The Morgan fingerprint density at radius 3 is 2.64 bits per heavy atom. The molecule has 134 valence electrons. The molecule has 1 aromatic heterocycles. The van der Waals surface area contributed by atoms with Gasteiger partial charge in [0.2, 0.25) is 15.9 Å². The molecule has 1 heterocycles. The van der Waals surface area contributed by atoms with Crippen molar-refractivity contribution < 1.29 is 22.7 Å². The Hall–Kier alpha value is -2.65. The lowest BCUT2D eigenvalue weighted by Crippen LogP contribution is -2.36. The summed E-state index contributed by atoms with van der Waals surface area (Å²) < 4.78 is 37.1. The van der Waals surface area contributed by atoms with Gasteiger partial charge < -0.3 is 14.8 Å². The molecule has 25 heavy (non-hydrogen) atoms. The van der Waals surface area contributed by atoms with Crippen LogP contribution in [0.5, 0.6) is 11.5 Å². The lowest BCUT2D eigenvalue weighted by Gasteiger charge is -2.12. The number of nitrogens with zero attached hydrogens (tertiary/aromatic N) is 1. The predicted molar refractivity (Wildman–Crippen MR) is 90.8 cm³/mol. The molecular formula is C16H19N3O5S. The summed E-state index contributed by atoms with van der Waals surface area (Å²) in [6.45, 7) is -0.127. The van der Waals surface area contributed by atoms with Gasteiger partial charge in [0.15, 0.2) is 0 Å². The van der Waals surface area contributed by atoms with Crippen molar-refractivity contribution in [2.75, 3.05) is 20.8 Å². The van der Waals surface area contributed by atoms with Crippen LogP contribution in [0.4, 0.5) is 0 Å². The number of pyridine rings is 1. The molecule has 0 radical (unpaired) electrons. The molecule has 9 heteroatoms. The number of ether oxygens (including phenoxy) is 2. The first-order chi connectivity index (χ1) is 12.0. The lowest BCUT2D eigenvalue weighted by atomic mass is 10.3. The summed E-state index contributed by atoms with van der Waals surface area (Å²) in [5.74, 6) is 0.132. The minimum absolute atomic E-state index is 0.0733. The summed E-state index contributed by atoms with van der Waals surface area (Å²) in [7, 11) is -1.09. The summed E-state index contributed by atoms with van der Waals surface area (Å²) in [4.78, 5) is 15.7. The molecule has 1 aromatic carbocycles. The second kappa shape index (κ2) is 8.45. The molecule has 0 aliphatic carbocycles. The fourth-order valence-corrected chi connectivity index (χ4v) is 3.13. The predicted octanol–water partition coefficient (Wildman–Crippen LogP) is 0.693. The van der Waals surface area contributed by atoms with Crippen molar-refractivity contribution in [2.24, 2.45) is 0 Å². The molecule has 2 rings (SSSR count). The summed E-state index contributed by atoms with van der Waals surface area (Å²) >= 11 is 0. The van der Waals surface area contributed by atoms with Gasteiger partial charge in [0.05, 0.1) is 20.8 Å². The molecule has 2 N–H and O–H groups in total. The zero-order chi connectivity index (χ0) is 18.3. The van der Waals surface area contributed by atoms with Crippen LogP contribution in [0.25, 0.3) is 0 Å². The van der Waals surface area contributed by atoms with Gasteiger partial charge in [0.25, 0.3) is 0 Å². The molecule has 0 saturated carbocycles. The van der Waals surface area contributed by atoms with E-state index in [0.717, 1.165) is 5.56 Å². The first kappa shape index (κ1) is 18.7. The van der Waals surface area contributed by atoms with Crippen LogP contribution >= 0.6 is 0 Å². The molecule has 0 aliphatic rings. The topological polar surface area (TPSA) is 107 Å². The number of aromatic nitrogens is 1. The number of hydrogen-bond donors (Lipinski definition) is 2. The molecular weight excluding hydrogens is 346 g/mol. The molecule has 0 bridgehead atoms. The molecule has 0 spiro atoms. The third-order valence-corrected chi connectivity index (χ3v) is 4.74. The largest absolute Gasteiger partial charge is 0.497 e. The highest BCUT2D eigenvalue weighted by Gasteiger charge is 2.20. The van der Waals surface area contributed by atoms with Gasteiger partial charge in [-0.25, -0.2) is 13.1 Å². The van der Waals surface area contributed by atoms with Crippen LogP contribution in [0.3, 0.4) is 0 Å². The number of benzene rings is 1. The van der Waals surface area contributed by atoms with Crippen LogP contribution in [0.2, 0.25) is 0 Å². The Kier molecular flexibility index (Phi) is 6.31. The minimum atomic E-state index is -3.91. The monoisotopic (exact) mass is 365 g/mol. The van der Waals surface area contributed by atoms with Crippen LogP contribution in [0, 0.1) is 0 Å². The third kappa shape index (κ3) is 5.16. The van der Waals surface area contributed by atoms with Gasteiger partial charge in [-0.1, -0.05) is 6.07 Å². The number of sulfonamides is 1. The van der Waals surface area contributed by atoms with Crippen molar-refractivity contribution in [3.63, 3.8) is 0 Å². The summed E-state index contributed by atoms with van der Waals surface area (Å²) in [6, 6.07) is 7.87. The average molecular weight is 365 g/mol. The van der Waals surface area contributed by atoms with Crippen molar-refractivity contribution >= 4 is 15.9 Å². The molecule has 0 saturated heterocycles. The van der Waals surface area contributed by atoms with E-state index in [1.807, 2.05) is 0 Å². The van der Waals surface area contributed by atoms with Gasteiger partial charge in [-0.3, -0.25) is 9.78 Å². The average Bonchev–Trinajstić information content (AvgIpc) is 2.65. The molecule has 0 aliphatic heterocycles. The minimum Gasteiger partial charge on any atom is -0.497 e. The van der Waals surface area contributed by atoms with Crippen LogP contribution in [-0.4, -0.2) is 40.1 Å². The number of methoxy groups -OCH3 is 2. The normalized spacial score (nSPS) is 11.0. The summed E-state index contributed by atoms with van der Waals surface area (Å²) in [5, 5.41) is 2.61. The molecule has 0 fully saturated rings. The summed E-state index contributed by atoms with van der Waals surface area (Å²) in [6.07, 6.45) is 3.24. The zero-order valence-electron chi connectivity index (χ0n) is 13.9. The highest BCUT2D eigenvalue weighted by Crippen LogP contribution is 2.28. The van der Waals surface area contributed by atoms with Crippen molar-refractivity contribution in [3.05, 3.63) is 48.3 Å². The molecule has 0 atom stereocenters. The van der Waals surface area contributed by atoms with E-state index in [0.29, 0.717) is 5.75 Å². The van der Waals surface area contributed by atoms with Gasteiger partial charge in [-0.2, -0.15) is 0 Å². The maximum atomic E-state index is 12.4. The van der Waals surface area contributed by atoms with E-state index < -0.39 is 22.5 Å². The van der Waals surface area contributed by atoms with Gasteiger partial charge in [0.1, 0.15) is 16.4 Å². The number of hydrogen-bond acceptors (Lipinski definition) is 6.